The average Bonchev–Trinajstić information content (AvgIpc) is 2.84. The van der Waals surface area contributed by atoms with Crippen molar-refractivity contribution in [2.75, 3.05) is 0 Å². The molecule has 2 nitrogen and oxygen atoms in total. The SMILES string of the molecule is O=C1c2ccccc2C(=O)c2c1sc1ccccc21. The summed E-state index contributed by atoms with van der Waals surface area (Å²) in [7, 11) is 0. The zero-order valence-corrected chi connectivity index (χ0v) is 10.7. The Bertz CT molecular complexity index is 858. The Balaban J connectivity index is 2.14. The van der Waals surface area contributed by atoms with Gasteiger partial charge in [0, 0.05) is 21.2 Å². The zero-order chi connectivity index (χ0) is 13.0. The Kier molecular flexibility index (Phi) is 2.03. The summed E-state index contributed by atoms with van der Waals surface area (Å²) in [5.74, 6) is -0.0750. The molecule has 1 aliphatic carbocycles. The Morgan fingerprint density at radius 2 is 1.37 bits per heavy atom. The number of thiophene rings is 1. The number of benzene rings is 2. The lowest BCUT2D eigenvalue weighted by atomic mass is 9.87. The molecule has 2 aromatic carbocycles. The highest BCUT2D eigenvalue weighted by atomic mass is 32.1. The van der Waals surface area contributed by atoms with Crippen LogP contribution in [0.15, 0.2) is 48.5 Å². The third kappa shape index (κ3) is 1.30. The fourth-order valence-electron chi connectivity index (χ4n) is 2.57. The lowest BCUT2D eigenvalue weighted by Crippen LogP contribution is -2.18. The molecular formula is C16H8O2S. The summed E-state index contributed by atoms with van der Waals surface area (Å²) in [6, 6.07) is 14.7. The van der Waals surface area contributed by atoms with Crippen LogP contribution < -0.4 is 0 Å². The van der Waals surface area contributed by atoms with E-state index in [0.717, 1.165) is 10.1 Å². The lowest BCUT2D eigenvalue weighted by Gasteiger charge is -2.13. The van der Waals surface area contributed by atoms with E-state index in [1.807, 2.05) is 24.3 Å². The maximum atomic E-state index is 12.6. The molecule has 19 heavy (non-hydrogen) atoms. The largest absolute Gasteiger partial charge is 0.289 e. The molecule has 4 rings (SSSR count). The van der Waals surface area contributed by atoms with Gasteiger partial charge in [-0.2, -0.15) is 0 Å². The first kappa shape index (κ1) is 10.6. The topological polar surface area (TPSA) is 34.1 Å². The Morgan fingerprint density at radius 3 is 2.16 bits per heavy atom. The highest BCUT2D eigenvalue weighted by Gasteiger charge is 2.32. The molecule has 0 bridgehead atoms. The van der Waals surface area contributed by atoms with Crippen LogP contribution in [0.4, 0.5) is 0 Å². The predicted molar refractivity (Wildman–Crippen MR) is 75.1 cm³/mol. The van der Waals surface area contributed by atoms with Gasteiger partial charge in [0.1, 0.15) is 0 Å². The first-order chi connectivity index (χ1) is 9.27. The molecular weight excluding hydrogens is 256 g/mol. The van der Waals surface area contributed by atoms with Gasteiger partial charge in [0.05, 0.1) is 10.4 Å². The Labute approximate surface area is 113 Å². The van der Waals surface area contributed by atoms with Crippen LogP contribution in [0.2, 0.25) is 0 Å². The predicted octanol–water partition coefficient (Wildman–Crippen LogP) is 3.68. The minimum absolute atomic E-state index is 0.0357. The molecule has 0 saturated heterocycles. The second-order valence-corrected chi connectivity index (χ2v) is 5.56. The molecule has 3 aromatic rings. The van der Waals surface area contributed by atoms with Gasteiger partial charge < -0.3 is 0 Å². The number of hydrogen-bond donors (Lipinski definition) is 0. The summed E-state index contributed by atoms with van der Waals surface area (Å²) < 4.78 is 0.988. The molecule has 0 saturated carbocycles. The third-order valence-electron chi connectivity index (χ3n) is 3.45. The number of fused-ring (bicyclic) bond motifs is 4. The molecule has 0 atom stereocenters. The minimum atomic E-state index is -0.0392. The van der Waals surface area contributed by atoms with E-state index in [9.17, 15) is 9.59 Å². The molecule has 0 unspecified atom stereocenters. The van der Waals surface area contributed by atoms with Gasteiger partial charge >= 0.3 is 0 Å². The van der Waals surface area contributed by atoms with Gasteiger partial charge in [-0.3, -0.25) is 9.59 Å². The van der Waals surface area contributed by atoms with E-state index in [2.05, 4.69) is 0 Å². The zero-order valence-electron chi connectivity index (χ0n) is 9.84. The van der Waals surface area contributed by atoms with Gasteiger partial charge in [-0.05, 0) is 6.07 Å². The van der Waals surface area contributed by atoms with Gasteiger partial charge in [-0.15, -0.1) is 11.3 Å². The van der Waals surface area contributed by atoms with Crippen molar-refractivity contribution < 1.29 is 9.59 Å². The van der Waals surface area contributed by atoms with Crippen molar-refractivity contribution >= 4 is 33.0 Å². The Morgan fingerprint density at radius 1 is 0.737 bits per heavy atom. The van der Waals surface area contributed by atoms with E-state index in [1.165, 1.54) is 11.3 Å². The van der Waals surface area contributed by atoms with Crippen LogP contribution in [0.5, 0.6) is 0 Å². The molecule has 0 amide bonds. The number of carbonyl (C=O) groups is 2. The van der Waals surface area contributed by atoms with Crippen molar-refractivity contribution in [3.63, 3.8) is 0 Å². The van der Waals surface area contributed by atoms with Gasteiger partial charge in [0.2, 0.25) is 5.78 Å². The van der Waals surface area contributed by atoms with Gasteiger partial charge in [0.15, 0.2) is 5.78 Å². The molecule has 0 radical (unpaired) electrons. The number of ketones is 2. The van der Waals surface area contributed by atoms with Crippen LogP contribution in [-0.4, -0.2) is 11.6 Å². The summed E-state index contributed by atoms with van der Waals surface area (Å²) in [5.41, 5.74) is 1.61. The van der Waals surface area contributed by atoms with E-state index in [1.54, 1.807) is 24.3 Å². The molecule has 0 fully saturated rings. The van der Waals surface area contributed by atoms with E-state index in [0.29, 0.717) is 21.6 Å². The minimum Gasteiger partial charge on any atom is -0.289 e. The highest BCUT2D eigenvalue weighted by molar-refractivity contribution is 7.21. The van der Waals surface area contributed by atoms with E-state index in [4.69, 9.17) is 0 Å². The molecule has 3 heteroatoms. The average molecular weight is 264 g/mol. The van der Waals surface area contributed by atoms with Crippen LogP contribution in [0.25, 0.3) is 10.1 Å². The maximum Gasteiger partial charge on any atom is 0.204 e. The van der Waals surface area contributed by atoms with Crippen LogP contribution >= 0.6 is 11.3 Å². The normalized spacial score (nSPS) is 13.5. The second kappa shape index (κ2) is 3.62. The second-order valence-electron chi connectivity index (χ2n) is 4.51. The van der Waals surface area contributed by atoms with Gasteiger partial charge in [-0.25, -0.2) is 0 Å². The van der Waals surface area contributed by atoms with Crippen molar-refractivity contribution in [1.29, 1.82) is 0 Å². The van der Waals surface area contributed by atoms with Crippen molar-refractivity contribution in [3.05, 3.63) is 70.1 Å². The monoisotopic (exact) mass is 264 g/mol. The van der Waals surface area contributed by atoms with Crippen molar-refractivity contribution in [2.45, 2.75) is 0 Å². The highest BCUT2D eigenvalue weighted by Crippen LogP contribution is 2.38. The smallest absolute Gasteiger partial charge is 0.204 e. The molecule has 0 N–H and O–H groups in total. The van der Waals surface area contributed by atoms with Crippen LogP contribution in [-0.2, 0) is 0 Å². The number of rotatable bonds is 0. The van der Waals surface area contributed by atoms with Crippen molar-refractivity contribution in [2.24, 2.45) is 0 Å². The number of hydrogen-bond acceptors (Lipinski definition) is 3. The molecule has 0 aliphatic heterocycles. The van der Waals surface area contributed by atoms with Crippen LogP contribution in [0.3, 0.4) is 0 Å². The van der Waals surface area contributed by atoms with Crippen LogP contribution in [0.1, 0.15) is 31.2 Å². The molecule has 1 heterocycles. The number of carbonyl (C=O) groups excluding carboxylic acids is 2. The van der Waals surface area contributed by atoms with E-state index in [-0.39, 0.29) is 11.6 Å². The first-order valence-corrected chi connectivity index (χ1v) is 6.79. The Hall–Kier alpha value is -2.26. The van der Waals surface area contributed by atoms with Crippen molar-refractivity contribution in [3.8, 4) is 0 Å². The van der Waals surface area contributed by atoms with E-state index >= 15 is 0 Å². The molecule has 90 valence electrons. The lowest BCUT2D eigenvalue weighted by molar-refractivity contribution is 0.0983. The third-order valence-corrected chi connectivity index (χ3v) is 4.61. The summed E-state index contributed by atoms with van der Waals surface area (Å²) >= 11 is 1.40. The molecule has 1 aliphatic rings. The molecule has 0 spiro atoms. The van der Waals surface area contributed by atoms with E-state index < -0.39 is 0 Å². The van der Waals surface area contributed by atoms with Gasteiger partial charge in [-0.1, -0.05) is 42.5 Å². The summed E-state index contributed by atoms with van der Waals surface area (Å²) in [6.45, 7) is 0. The quantitative estimate of drug-likeness (QED) is 0.485. The fourth-order valence-corrected chi connectivity index (χ4v) is 3.72. The first-order valence-electron chi connectivity index (χ1n) is 5.97. The van der Waals surface area contributed by atoms with Crippen molar-refractivity contribution in [1.82, 2.24) is 0 Å². The fraction of sp³-hybridized carbons (Fsp3) is 0. The summed E-state index contributed by atoms with van der Waals surface area (Å²) in [6.07, 6.45) is 0. The van der Waals surface area contributed by atoms with Gasteiger partial charge in [0.25, 0.3) is 0 Å². The summed E-state index contributed by atoms with van der Waals surface area (Å²) in [4.78, 5) is 25.6. The standard InChI is InChI=1S/C16H8O2S/c17-14-9-5-1-2-6-10(9)15(18)16-13(14)11-7-3-4-8-12(11)19-16/h1-8H. The molecule has 1 aromatic heterocycles. The van der Waals surface area contributed by atoms with Crippen LogP contribution in [0, 0.1) is 0 Å². The maximum absolute atomic E-state index is 12.6. The summed E-state index contributed by atoms with van der Waals surface area (Å²) in [5, 5.41) is 0.885.